The number of allylic oxidation sites excluding steroid dienone is 2. The Balaban J connectivity index is 1.50. The summed E-state index contributed by atoms with van der Waals surface area (Å²) in [5.74, 6) is -0.420. The van der Waals surface area contributed by atoms with Gasteiger partial charge < -0.3 is 9.47 Å². The van der Waals surface area contributed by atoms with Crippen molar-refractivity contribution in [2.24, 2.45) is 10.9 Å². The zero-order valence-electron chi connectivity index (χ0n) is 16.3. The van der Waals surface area contributed by atoms with Crippen molar-refractivity contribution >= 4 is 28.8 Å². The summed E-state index contributed by atoms with van der Waals surface area (Å²) in [7, 11) is 0. The summed E-state index contributed by atoms with van der Waals surface area (Å²) in [6.07, 6.45) is 2.11. The Hall–Kier alpha value is -2.73. The maximum atomic E-state index is 13.0. The predicted molar refractivity (Wildman–Crippen MR) is 112 cm³/mol. The van der Waals surface area contributed by atoms with E-state index in [0.29, 0.717) is 17.7 Å². The third-order valence-corrected chi connectivity index (χ3v) is 6.03. The molecular formula is C23H23NO4S. The SMILES string of the molecule is CC1=NC2=C(C(=O)CCC2)[C@H](c2ccsc2)C1C(=O)OCCOc1ccccc1. The molecule has 0 bridgehead atoms. The number of ether oxygens (including phenoxy) is 2. The number of carbonyl (C=O) groups excluding carboxylic acids is 2. The number of para-hydroxylation sites is 1. The van der Waals surface area contributed by atoms with Gasteiger partial charge in [-0.2, -0.15) is 11.3 Å². The smallest absolute Gasteiger partial charge is 0.315 e. The lowest BCUT2D eigenvalue weighted by Gasteiger charge is -2.33. The van der Waals surface area contributed by atoms with Gasteiger partial charge in [0.25, 0.3) is 0 Å². The van der Waals surface area contributed by atoms with Crippen molar-refractivity contribution in [3.63, 3.8) is 0 Å². The molecule has 1 aliphatic carbocycles. The number of aliphatic imine (C=N–C) groups is 1. The van der Waals surface area contributed by atoms with E-state index in [0.717, 1.165) is 29.9 Å². The van der Waals surface area contributed by atoms with Crippen molar-refractivity contribution in [2.45, 2.75) is 32.1 Å². The molecule has 2 heterocycles. The molecule has 1 aromatic heterocycles. The van der Waals surface area contributed by atoms with E-state index in [1.807, 2.05) is 54.1 Å². The van der Waals surface area contributed by atoms with Gasteiger partial charge in [0, 0.05) is 29.3 Å². The maximum Gasteiger partial charge on any atom is 0.315 e. The summed E-state index contributed by atoms with van der Waals surface area (Å²) in [6, 6.07) is 11.4. The molecule has 1 aliphatic heterocycles. The molecule has 29 heavy (non-hydrogen) atoms. The lowest BCUT2D eigenvalue weighted by Crippen LogP contribution is -2.37. The van der Waals surface area contributed by atoms with Gasteiger partial charge in [0.2, 0.25) is 0 Å². The lowest BCUT2D eigenvalue weighted by molar-refractivity contribution is -0.147. The first kappa shape index (κ1) is 19.6. The highest BCUT2D eigenvalue weighted by Crippen LogP contribution is 2.44. The summed E-state index contributed by atoms with van der Waals surface area (Å²) in [4.78, 5) is 30.4. The van der Waals surface area contributed by atoms with Crippen LogP contribution in [0.2, 0.25) is 0 Å². The largest absolute Gasteiger partial charge is 0.490 e. The van der Waals surface area contributed by atoms with E-state index in [1.54, 1.807) is 11.3 Å². The molecule has 1 unspecified atom stereocenters. The molecule has 4 rings (SSSR count). The van der Waals surface area contributed by atoms with Crippen molar-refractivity contribution in [2.75, 3.05) is 13.2 Å². The molecule has 0 radical (unpaired) electrons. The third kappa shape index (κ3) is 4.17. The standard InChI is InChI=1S/C23H23NO4S/c1-15-20(23(26)28-12-11-27-17-6-3-2-4-7-17)21(16-10-13-29-14-16)22-18(24-15)8-5-9-19(22)25/h2-4,6-7,10,13-14,20-21H,5,8-9,11-12H2,1H3/t20?,21-/m1/s1. The Morgan fingerprint density at radius 2 is 2.00 bits per heavy atom. The molecule has 0 saturated heterocycles. The van der Waals surface area contributed by atoms with Crippen LogP contribution < -0.4 is 4.74 Å². The summed E-state index contributed by atoms with van der Waals surface area (Å²) in [6.45, 7) is 2.27. The van der Waals surface area contributed by atoms with Gasteiger partial charge in [-0.25, -0.2) is 0 Å². The van der Waals surface area contributed by atoms with Crippen LogP contribution in [0.3, 0.4) is 0 Å². The average molecular weight is 410 g/mol. The fraction of sp³-hybridized carbons (Fsp3) is 0.348. The van der Waals surface area contributed by atoms with Crippen LogP contribution in [0.1, 0.15) is 37.7 Å². The van der Waals surface area contributed by atoms with Gasteiger partial charge in [0.05, 0.1) is 0 Å². The Bertz CT molecular complexity index is 947. The number of thiophene rings is 1. The van der Waals surface area contributed by atoms with Gasteiger partial charge in [-0.15, -0.1) is 0 Å². The molecule has 0 fully saturated rings. The number of hydrogen-bond donors (Lipinski definition) is 0. The molecular weight excluding hydrogens is 386 g/mol. The minimum absolute atomic E-state index is 0.101. The van der Waals surface area contributed by atoms with Gasteiger partial charge in [-0.3, -0.25) is 14.6 Å². The quantitative estimate of drug-likeness (QED) is 0.519. The zero-order valence-corrected chi connectivity index (χ0v) is 17.1. The number of rotatable bonds is 6. The average Bonchev–Trinajstić information content (AvgIpc) is 3.25. The second kappa shape index (κ2) is 8.74. The second-order valence-electron chi connectivity index (χ2n) is 7.23. The van der Waals surface area contributed by atoms with Crippen LogP contribution in [-0.4, -0.2) is 30.7 Å². The van der Waals surface area contributed by atoms with Crippen LogP contribution >= 0.6 is 11.3 Å². The lowest BCUT2D eigenvalue weighted by atomic mass is 9.72. The highest BCUT2D eigenvalue weighted by atomic mass is 32.1. The Kier molecular flexibility index (Phi) is 5.90. The fourth-order valence-corrected chi connectivity index (χ4v) is 4.73. The molecule has 1 aromatic carbocycles. The number of hydrogen-bond acceptors (Lipinski definition) is 6. The minimum atomic E-state index is -0.581. The first-order chi connectivity index (χ1) is 14.1. The van der Waals surface area contributed by atoms with E-state index >= 15 is 0 Å². The fourth-order valence-electron chi connectivity index (χ4n) is 4.03. The number of ketones is 1. The molecule has 2 atom stereocenters. The number of benzene rings is 1. The Morgan fingerprint density at radius 1 is 1.17 bits per heavy atom. The molecule has 0 N–H and O–H groups in total. The second-order valence-corrected chi connectivity index (χ2v) is 8.01. The monoisotopic (exact) mass is 409 g/mol. The van der Waals surface area contributed by atoms with Crippen LogP contribution in [0.15, 0.2) is 63.4 Å². The normalized spacial score (nSPS) is 21.4. The third-order valence-electron chi connectivity index (χ3n) is 5.33. The molecule has 150 valence electrons. The number of esters is 1. The molecule has 0 saturated carbocycles. The number of Topliss-reactive ketones (excluding diaryl/α,β-unsaturated/α-hetero) is 1. The van der Waals surface area contributed by atoms with Crippen molar-refractivity contribution in [3.05, 3.63) is 64.0 Å². The zero-order chi connectivity index (χ0) is 20.2. The van der Waals surface area contributed by atoms with Crippen molar-refractivity contribution in [1.82, 2.24) is 0 Å². The van der Waals surface area contributed by atoms with Gasteiger partial charge in [0.1, 0.15) is 24.9 Å². The van der Waals surface area contributed by atoms with Crippen LogP contribution in [0.4, 0.5) is 0 Å². The minimum Gasteiger partial charge on any atom is -0.490 e. The molecule has 0 spiro atoms. The van der Waals surface area contributed by atoms with E-state index in [9.17, 15) is 9.59 Å². The first-order valence-electron chi connectivity index (χ1n) is 9.83. The predicted octanol–water partition coefficient (Wildman–Crippen LogP) is 4.55. The van der Waals surface area contributed by atoms with Crippen LogP contribution in [0, 0.1) is 5.92 Å². The van der Waals surface area contributed by atoms with Gasteiger partial charge in [-0.05, 0) is 54.3 Å². The molecule has 2 aliphatic rings. The van der Waals surface area contributed by atoms with E-state index < -0.39 is 5.92 Å². The highest BCUT2D eigenvalue weighted by molar-refractivity contribution is 7.08. The van der Waals surface area contributed by atoms with Crippen LogP contribution in [-0.2, 0) is 14.3 Å². The van der Waals surface area contributed by atoms with Crippen LogP contribution in [0.25, 0.3) is 0 Å². The topological polar surface area (TPSA) is 65.0 Å². The number of carbonyl (C=O) groups is 2. The van der Waals surface area contributed by atoms with Crippen molar-refractivity contribution in [3.8, 4) is 5.75 Å². The van der Waals surface area contributed by atoms with E-state index in [2.05, 4.69) is 4.99 Å². The van der Waals surface area contributed by atoms with E-state index in [1.165, 1.54) is 0 Å². The molecule has 0 amide bonds. The Morgan fingerprint density at radius 3 is 2.76 bits per heavy atom. The van der Waals surface area contributed by atoms with Gasteiger partial charge in [0.15, 0.2) is 5.78 Å². The van der Waals surface area contributed by atoms with E-state index in [4.69, 9.17) is 9.47 Å². The van der Waals surface area contributed by atoms with Crippen molar-refractivity contribution < 1.29 is 19.1 Å². The summed E-state index contributed by atoms with van der Waals surface area (Å²) < 4.78 is 11.1. The highest BCUT2D eigenvalue weighted by Gasteiger charge is 2.43. The maximum absolute atomic E-state index is 13.0. The van der Waals surface area contributed by atoms with Gasteiger partial charge >= 0.3 is 5.97 Å². The van der Waals surface area contributed by atoms with Crippen LogP contribution in [0.5, 0.6) is 5.75 Å². The molecule has 2 aromatic rings. The Labute approximate surface area is 174 Å². The van der Waals surface area contributed by atoms with Crippen molar-refractivity contribution in [1.29, 1.82) is 0 Å². The summed E-state index contributed by atoms with van der Waals surface area (Å²) >= 11 is 1.56. The molecule has 5 nitrogen and oxygen atoms in total. The molecule has 6 heteroatoms. The van der Waals surface area contributed by atoms with Gasteiger partial charge in [-0.1, -0.05) is 18.2 Å². The summed E-state index contributed by atoms with van der Waals surface area (Å²) in [5.41, 5.74) is 3.23. The van der Waals surface area contributed by atoms with E-state index in [-0.39, 0.29) is 30.9 Å². The number of nitrogens with zero attached hydrogens (tertiary/aromatic N) is 1. The first-order valence-corrected chi connectivity index (χ1v) is 10.8. The summed E-state index contributed by atoms with van der Waals surface area (Å²) in [5, 5.41) is 3.98.